The topological polar surface area (TPSA) is 70.7 Å². The van der Waals surface area contributed by atoms with Crippen LogP contribution in [0.1, 0.15) is 18.4 Å². The van der Waals surface area contributed by atoms with E-state index in [9.17, 15) is 9.59 Å². The van der Waals surface area contributed by atoms with Gasteiger partial charge in [-0.2, -0.15) is 0 Å². The van der Waals surface area contributed by atoms with Gasteiger partial charge in [-0.15, -0.1) is 0 Å². The highest BCUT2D eigenvalue weighted by Gasteiger charge is 2.29. The van der Waals surface area contributed by atoms with Crippen LogP contribution in [0.15, 0.2) is 78.9 Å². The number of urea groups is 1. The quantitative estimate of drug-likeness (QED) is 0.549. The highest BCUT2D eigenvalue weighted by atomic mass is 16.5. The molecule has 1 saturated heterocycles. The summed E-state index contributed by atoms with van der Waals surface area (Å²) < 4.78 is 5.99. The second-order valence-corrected chi connectivity index (χ2v) is 7.98. The fraction of sp³-hybridized carbons (Fsp3) is 0.231. The van der Waals surface area contributed by atoms with E-state index in [1.807, 2.05) is 85.8 Å². The summed E-state index contributed by atoms with van der Waals surface area (Å²) in [6, 6.07) is 24.3. The number of carbonyl (C=O) groups is 2. The first-order valence-corrected chi connectivity index (χ1v) is 10.8. The van der Waals surface area contributed by atoms with Crippen molar-refractivity contribution in [2.75, 3.05) is 23.7 Å². The number of nitrogens with one attached hydrogen (secondary N) is 2. The molecule has 32 heavy (non-hydrogen) atoms. The number of benzene rings is 3. The largest absolute Gasteiger partial charge is 0.455 e. The van der Waals surface area contributed by atoms with E-state index in [0.29, 0.717) is 30.3 Å². The molecule has 0 radical (unpaired) electrons. The lowest BCUT2D eigenvalue weighted by molar-refractivity contribution is -0.121. The summed E-state index contributed by atoms with van der Waals surface area (Å²) in [6.45, 7) is 3.03. The smallest absolute Gasteiger partial charge is 0.321 e. The van der Waals surface area contributed by atoms with Gasteiger partial charge in [-0.05, 0) is 56.2 Å². The van der Waals surface area contributed by atoms with Gasteiger partial charge < -0.3 is 20.3 Å². The van der Waals surface area contributed by atoms with Gasteiger partial charge >= 0.3 is 6.03 Å². The number of amides is 3. The van der Waals surface area contributed by atoms with Crippen LogP contribution >= 0.6 is 0 Å². The predicted molar refractivity (Wildman–Crippen MR) is 126 cm³/mol. The summed E-state index contributed by atoms with van der Waals surface area (Å²) >= 11 is 0. The third-order valence-corrected chi connectivity index (χ3v) is 5.50. The van der Waals surface area contributed by atoms with E-state index < -0.39 is 0 Å². The van der Waals surface area contributed by atoms with Crippen molar-refractivity contribution >= 4 is 23.3 Å². The Balaban J connectivity index is 1.39. The van der Waals surface area contributed by atoms with Crippen LogP contribution in [0.5, 0.6) is 11.5 Å². The molecule has 1 aliphatic rings. The van der Waals surface area contributed by atoms with Crippen LogP contribution < -0.4 is 15.4 Å². The van der Waals surface area contributed by atoms with E-state index in [2.05, 4.69) is 10.6 Å². The second-order valence-electron chi connectivity index (χ2n) is 7.98. The Bertz CT molecular complexity index is 1070. The van der Waals surface area contributed by atoms with E-state index in [-0.39, 0.29) is 17.9 Å². The van der Waals surface area contributed by atoms with Crippen molar-refractivity contribution in [2.24, 2.45) is 5.92 Å². The Morgan fingerprint density at radius 3 is 2.41 bits per heavy atom. The van der Waals surface area contributed by atoms with Crippen molar-refractivity contribution in [3.63, 3.8) is 0 Å². The van der Waals surface area contributed by atoms with E-state index >= 15 is 0 Å². The van der Waals surface area contributed by atoms with Gasteiger partial charge in [0.15, 0.2) is 5.75 Å². The molecule has 3 amide bonds. The van der Waals surface area contributed by atoms with Crippen molar-refractivity contribution in [2.45, 2.75) is 19.8 Å². The summed E-state index contributed by atoms with van der Waals surface area (Å²) in [6.07, 6.45) is 1.52. The van der Waals surface area contributed by atoms with Crippen LogP contribution in [0.25, 0.3) is 0 Å². The molecule has 3 aromatic rings. The fourth-order valence-corrected chi connectivity index (χ4v) is 3.73. The zero-order valence-electron chi connectivity index (χ0n) is 18.1. The lowest BCUT2D eigenvalue weighted by atomic mass is 9.97. The minimum atomic E-state index is -0.280. The van der Waals surface area contributed by atoms with Crippen molar-refractivity contribution in [3.05, 3.63) is 84.4 Å². The van der Waals surface area contributed by atoms with E-state index in [1.54, 1.807) is 4.90 Å². The standard InChI is InChI=1S/C26H27N3O3/c1-19-13-15-22(16-14-19)32-24-12-6-5-11-23(24)28-25(30)20-8-7-17-29(18-20)26(31)27-21-9-3-2-4-10-21/h2-6,9-16,20H,7-8,17-18H2,1H3,(H,27,31)(H,28,30). The zero-order valence-corrected chi connectivity index (χ0v) is 18.1. The summed E-state index contributed by atoms with van der Waals surface area (Å²) in [5.41, 5.74) is 2.51. The van der Waals surface area contributed by atoms with E-state index in [0.717, 1.165) is 24.1 Å². The number of carbonyl (C=O) groups excluding carboxylic acids is 2. The number of rotatable bonds is 5. The SMILES string of the molecule is Cc1ccc(Oc2ccccc2NC(=O)C2CCCN(C(=O)Nc3ccccc3)C2)cc1. The average molecular weight is 430 g/mol. The maximum atomic E-state index is 13.0. The maximum absolute atomic E-state index is 13.0. The van der Waals surface area contributed by atoms with Crippen molar-refractivity contribution in [3.8, 4) is 11.5 Å². The van der Waals surface area contributed by atoms with Gasteiger partial charge in [0.05, 0.1) is 11.6 Å². The van der Waals surface area contributed by atoms with Gasteiger partial charge in [-0.3, -0.25) is 4.79 Å². The van der Waals surface area contributed by atoms with Gasteiger partial charge in [0.1, 0.15) is 5.75 Å². The summed E-state index contributed by atoms with van der Waals surface area (Å²) in [5, 5.41) is 5.90. The normalized spacial score (nSPS) is 15.7. The number of nitrogens with zero attached hydrogens (tertiary/aromatic N) is 1. The summed E-state index contributed by atoms with van der Waals surface area (Å²) in [7, 11) is 0. The maximum Gasteiger partial charge on any atom is 0.321 e. The first kappa shape index (κ1) is 21.4. The molecule has 0 bridgehead atoms. The number of aryl methyl sites for hydroxylation is 1. The molecular formula is C26H27N3O3. The van der Waals surface area contributed by atoms with Crippen LogP contribution in [0.4, 0.5) is 16.2 Å². The zero-order chi connectivity index (χ0) is 22.3. The summed E-state index contributed by atoms with van der Waals surface area (Å²) in [4.78, 5) is 27.4. The van der Waals surface area contributed by atoms with Crippen LogP contribution in [0.3, 0.4) is 0 Å². The first-order valence-electron chi connectivity index (χ1n) is 10.8. The number of hydrogen-bond acceptors (Lipinski definition) is 3. The molecule has 6 nitrogen and oxygen atoms in total. The highest BCUT2D eigenvalue weighted by molar-refractivity contribution is 5.95. The van der Waals surface area contributed by atoms with Gasteiger partial charge in [-0.1, -0.05) is 48.0 Å². The predicted octanol–water partition coefficient (Wildman–Crippen LogP) is 5.67. The second kappa shape index (κ2) is 10.0. The molecule has 2 N–H and O–H groups in total. The van der Waals surface area contributed by atoms with Crippen LogP contribution in [-0.2, 0) is 4.79 Å². The van der Waals surface area contributed by atoms with Gasteiger partial charge in [-0.25, -0.2) is 4.79 Å². The molecule has 0 aromatic heterocycles. The third kappa shape index (κ3) is 5.46. The molecule has 1 heterocycles. The van der Waals surface area contributed by atoms with Gasteiger partial charge in [0.25, 0.3) is 0 Å². The Morgan fingerprint density at radius 2 is 1.62 bits per heavy atom. The number of hydrogen-bond donors (Lipinski definition) is 2. The Morgan fingerprint density at radius 1 is 0.906 bits per heavy atom. The van der Waals surface area contributed by atoms with Crippen molar-refractivity contribution in [1.29, 1.82) is 0 Å². The molecule has 4 rings (SSSR count). The van der Waals surface area contributed by atoms with E-state index in [4.69, 9.17) is 4.74 Å². The van der Waals surface area contributed by atoms with Gasteiger partial charge in [0, 0.05) is 18.8 Å². The monoisotopic (exact) mass is 429 g/mol. The van der Waals surface area contributed by atoms with Crippen LogP contribution in [0.2, 0.25) is 0 Å². The third-order valence-electron chi connectivity index (χ3n) is 5.50. The molecule has 164 valence electrons. The van der Waals surface area contributed by atoms with Crippen molar-refractivity contribution < 1.29 is 14.3 Å². The molecule has 1 fully saturated rings. The number of ether oxygens (including phenoxy) is 1. The van der Waals surface area contributed by atoms with Crippen molar-refractivity contribution in [1.82, 2.24) is 4.90 Å². The van der Waals surface area contributed by atoms with E-state index in [1.165, 1.54) is 0 Å². The highest BCUT2D eigenvalue weighted by Crippen LogP contribution is 2.30. The number of para-hydroxylation sites is 3. The molecule has 0 aliphatic carbocycles. The van der Waals surface area contributed by atoms with Crippen LogP contribution in [-0.4, -0.2) is 29.9 Å². The van der Waals surface area contributed by atoms with Gasteiger partial charge in [0.2, 0.25) is 5.91 Å². The Hall–Kier alpha value is -3.80. The molecule has 0 spiro atoms. The Kier molecular flexibility index (Phi) is 6.70. The molecular weight excluding hydrogens is 402 g/mol. The molecule has 1 unspecified atom stereocenters. The number of likely N-dealkylation sites (tertiary alicyclic amines) is 1. The fourth-order valence-electron chi connectivity index (χ4n) is 3.73. The lowest BCUT2D eigenvalue weighted by Crippen LogP contribution is -2.45. The number of piperidine rings is 1. The molecule has 6 heteroatoms. The minimum Gasteiger partial charge on any atom is -0.455 e. The molecule has 1 atom stereocenters. The minimum absolute atomic E-state index is 0.109. The Labute approximate surface area is 188 Å². The molecule has 0 saturated carbocycles. The molecule has 1 aliphatic heterocycles. The number of anilines is 2. The first-order chi connectivity index (χ1) is 15.6. The van der Waals surface area contributed by atoms with Crippen LogP contribution in [0, 0.1) is 12.8 Å². The lowest BCUT2D eigenvalue weighted by Gasteiger charge is -2.32. The average Bonchev–Trinajstić information content (AvgIpc) is 2.82. The summed E-state index contributed by atoms with van der Waals surface area (Å²) in [5.74, 6) is 0.901. The molecule has 3 aromatic carbocycles.